The van der Waals surface area contributed by atoms with Gasteiger partial charge in [-0.05, 0) is 18.4 Å². The maximum absolute atomic E-state index is 5.51. The van der Waals surface area contributed by atoms with Crippen molar-refractivity contribution in [1.82, 2.24) is 10.2 Å². The molecule has 0 bridgehead atoms. The number of nitrogens with one attached hydrogen (secondary N) is 1. The van der Waals surface area contributed by atoms with Crippen LogP contribution in [0.2, 0.25) is 0 Å². The highest BCUT2D eigenvalue weighted by atomic mass is 16.5. The second-order valence-electron chi connectivity index (χ2n) is 6.44. The molecule has 0 aromatic heterocycles. The summed E-state index contributed by atoms with van der Waals surface area (Å²) in [4.78, 5) is 2.64. The molecule has 1 fully saturated rings. The number of para-hydroxylation sites is 1. The van der Waals surface area contributed by atoms with Crippen molar-refractivity contribution in [3.63, 3.8) is 0 Å². The zero-order valence-corrected chi connectivity index (χ0v) is 13.9. The molecular weight excluding hydrogens is 260 g/mol. The Morgan fingerprint density at radius 1 is 1.33 bits per heavy atom. The zero-order chi connectivity index (χ0) is 15.2. The molecule has 2 atom stereocenters. The molecule has 2 rings (SSSR count). The highest BCUT2D eigenvalue weighted by molar-refractivity contribution is 5.33. The van der Waals surface area contributed by atoms with Crippen LogP contribution in [0.5, 0.6) is 5.75 Å². The standard InChI is InChI=1S/C18H30N2O/c1-5-8-16-11-19-17(14(2)3)13-20(16)12-15-9-6-7-10-18(15)21-4/h6-7,9-10,14,16-17,19H,5,8,11-13H2,1-4H3. The van der Waals surface area contributed by atoms with Crippen molar-refractivity contribution in [1.29, 1.82) is 0 Å². The van der Waals surface area contributed by atoms with Gasteiger partial charge in [-0.1, -0.05) is 45.4 Å². The first-order valence-corrected chi connectivity index (χ1v) is 8.25. The lowest BCUT2D eigenvalue weighted by atomic mass is 9.97. The minimum absolute atomic E-state index is 0.591. The molecule has 118 valence electrons. The lowest BCUT2D eigenvalue weighted by molar-refractivity contribution is 0.0989. The van der Waals surface area contributed by atoms with Crippen molar-refractivity contribution in [2.45, 2.75) is 52.2 Å². The van der Waals surface area contributed by atoms with Crippen molar-refractivity contribution >= 4 is 0 Å². The van der Waals surface area contributed by atoms with E-state index in [2.05, 4.69) is 49.2 Å². The van der Waals surface area contributed by atoms with E-state index in [1.165, 1.54) is 18.4 Å². The molecule has 3 nitrogen and oxygen atoms in total. The van der Waals surface area contributed by atoms with E-state index in [0.29, 0.717) is 18.0 Å². The van der Waals surface area contributed by atoms with Crippen molar-refractivity contribution in [2.75, 3.05) is 20.2 Å². The summed E-state index contributed by atoms with van der Waals surface area (Å²) >= 11 is 0. The van der Waals surface area contributed by atoms with E-state index < -0.39 is 0 Å². The van der Waals surface area contributed by atoms with Gasteiger partial charge in [0.2, 0.25) is 0 Å². The molecule has 1 N–H and O–H groups in total. The Bertz CT molecular complexity index is 433. The molecule has 1 aromatic carbocycles. The molecule has 1 aliphatic rings. The largest absolute Gasteiger partial charge is 0.496 e. The summed E-state index contributed by atoms with van der Waals surface area (Å²) in [6.07, 6.45) is 2.49. The molecule has 0 amide bonds. The molecule has 1 aromatic rings. The van der Waals surface area contributed by atoms with Gasteiger partial charge in [0, 0.05) is 37.3 Å². The molecule has 1 heterocycles. The normalized spacial score (nSPS) is 23.5. The van der Waals surface area contributed by atoms with Crippen LogP contribution in [0, 0.1) is 5.92 Å². The summed E-state index contributed by atoms with van der Waals surface area (Å²) in [6, 6.07) is 9.62. The first kappa shape index (κ1) is 16.3. The van der Waals surface area contributed by atoms with E-state index in [0.717, 1.165) is 25.4 Å². The van der Waals surface area contributed by atoms with E-state index in [9.17, 15) is 0 Å². The summed E-state index contributed by atoms with van der Waals surface area (Å²) in [6.45, 7) is 10.1. The monoisotopic (exact) mass is 290 g/mol. The predicted octanol–water partition coefficient (Wildman–Crippen LogP) is 3.29. The Labute approximate surface area is 129 Å². The lowest BCUT2D eigenvalue weighted by Gasteiger charge is -2.42. The molecule has 0 spiro atoms. The molecule has 0 radical (unpaired) electrons. The van der Waals surface area contributed by atoms with Crippen LogP contribution in [-0.2, 0) is 6.54 Å². The number of piperazine rings is 1. The minimum Gasteiger partial charge on any atom is -0.496 e. The maximum atomic E-state index is 5.51. The Kier molecular flexibility index (Phi) is 6.07. The topological polar surface area (TPSA) is 24.5 Å². The van der Waals surface area contributed by atoms with E-state index in [-0.39, 0.29) is 0 Å². The number of ether oxygens (including phenoxy) is 1. The fourth-order valence-electron chi connectivity index (χ4n) is 3.19. The zero-order valence-electron chi connectivity index (χ0n) is 13.9. The van der Waals surface area contributed by atoms with Crippen LogP contribution in [0.1, 0.15) is 39.2 Å². The van der Waals surface area contributed by atoms with E-state index in [1.54, 1.807) is 7.11 Å². The van der Waals surface area contributed by atoms with Crippen LogP contribution in [0.4, 0.5) is 0 Å². The van der Waals surface area contributed by atoms with Gasteiger partial charge in [0.25, 0.3) is 0 Å². The fourth-order valence-corrected chi connectivity index (χ4v) is 3.19. The van der Waals surface area contributed by atoms with Crippen molar-refractivity contribution in [3.05, 3.63) is 29.8 Å². The van der Waals surface area contributed by atoms with Crippen molar-refractivity contribution < 1.29 is 4.74 Å². The molecule has 21 heavy (non-hydrogen) atoms. The van der Waals surface area contributed by atoms with E-state index in [4.69, 9.17) is 4.74 Å². The smallest absolute Gasteiger partial charge is 0.123 e. The average Bonchev–Trinajstić information content (AvgIpc) is 2.49. The quantitative estimate of drug-likeness (QED) is 0.870. The Hall–Kier alpha value is -1.06. The minimum atomic E-state index is 0.591. The van der Waals surface area contributed by atoms with Crippen LogP contribution < -0.4 is 10.1 Å². The van der Waals surface area contributed by atoms with Gasteiger partial charge in [0.05, 0.1) is 7.11 Å². The summed E-state index contributed by atoms with van der Waals surface area (Å²) in [5, 5.41) is 3.72. The SMILES string of the molecule is CCCC1CNC(C(C)C)CN1Cc1ccccc1OC. The third-order valence-corrected chi connectivity index (χ3v) is 4.56. The highest BCUT2D eigenvalue weighted by Gasteiger charge is 2.29. The Morgan fingerprint density at radius 2 is 2.10 bits per heavy atom. The summed E-state index contributed by atoms with van der Waals surface area (Å²) in [5.41, 5.74) is 1.30. The van der Waals surface area contributed by atoms with Crippen LogP contribution in [-0.4, -0.2) is 37.2 Å². The van der Waals surface area contributed by atoms with Gasteiger partial charge in [0.15, 0.2) is 0 Å². The number of nitrogens with zero attached hydrogens (tertiary/aromatic N) is 1. The molecule has 1 aliphatic heterocycles. The first-order chi connectivity index (χ1) is 10.2. The van der Waals surface area contributed by atoms with E-state index >= 15 is 0 Å². The van der Waals surface area contributed by atoms with Crippen LogP contribution >= 0.6 is 0 Å². The second kappa shape index (κ2) is 7.81. The number of benzene rings is 1. The number of hydrogen-bond acceptors (Lipinski definition) is 3. The summed E-state index contributed by atoms with van der Waals surface area (Å²) in [5.74, 6) is 1.68. The molecule has 3 heteroatoms. The highest BCUT2D eigenvalue weighted by Crippen LogP contribution is 2.24. The second-order valence-corrected chi connectivity index (χ2v) is 6.44. The average molecular weight is 290 g/mol. The molecule has 0 aliphatic carbocycles. The molecule has 1 saturated heterocycles. The maximum Gasteiger partial charge on any atom is 0.123 e. The Morgan fingerprint density at radius 3 is 2.76 bits per heavy atom. The molecular formula is C18H30N2O. The van der Waals surface area contributed by atoms with Gasteiger partial charge in [0.1, 0.15) is 5.75 Å². The van der Waals surface area contributed by atoms with Gasteiger partial charge in [-0.25, -0.2) is 0 Å². The molecule has 0 saturated carbocycles. The van der Waals surface area contributed by atoms with Crippen LogP contribution in [0.3, 0.4) is 0 Å². The van der Waals surface area contributed by atoms with Crippen LogP contribution in [0.25, 0.3) is 0 Å². The Balaban J connectivity index is 2.11. The van der Waals surface area contributed by atoms with Gasteiger partial charge in [-0.15, -0.1) is 0 Å². The van der Waals surface area contributed by atoms with Crippen molar-refractivity contribution in [2.24, 2.45) is 5.92 Å². The van der Waals surface area contributed by atoms with Gasteiger partial charge in [-0.2, -0.15) is 0 Å². The summed E-state index contributed by atoms with van der Waals surface area (Å²) < 4.78 is 5.51. The van der Waals surface area contributed by atoms with E-state index in [1.807, 2.05) is 6.07 Å². The van der Waals surface area contributed by atoms with Gasteiger partial charge >= 0.3 is 0 Å². The van der Waals surface area contributed by atoms with Crippen LogP contribution in [0.15, 0.2) is 24.3 Å². The number of rotatable bonds is 6. The number of hydrogen-bond donors (Lipinski definition) is 1. The molecule has 2 unspecified atom stereocenters. The fraction of sp³-hybridized carbons (Fsp3) is 0.667. The third kappa shape index (κ3) is 4.21. The first-order valence-electron chi connectivity index (χ1n) is 8.25. The van der Waals surface area contributed by atoms with Gasteiger partial charge in [-0.3, -0.25) is 4.90 Å². The van der Waals surface area contributed by atoms with Gasteiger partial charge < -0.3 is 10.1 Å². The predicted molar refractivity (Wildman–Crippen MR) is 88.7 cm³/mol. The lowest BCUT2D eigenvalue weighted by Crippen LogP contribution is -2.57. The summed E-state index contributed by atoms with van der Waals surface area (Å²) in [7, 11) is 1.76. The number of methoxy groups -OCH3 is 1. The van der Waals surface area contributed by atoms with Crippen molar-refractivity contribution in [3.8, 4) is 5.75 Å². The third-order valence-electron chi connectivity index (χ3n) is 4.56.